The van der Waals surface area contributed by atoms with E-state index in [1.54, 1.807) is 0 Å². The van der Waals surface area contributed by atoms with Gasteiger partial charge < -0.3 is 5.32 Å². The first-order chi connectivity index (χ1) is 7.79. The van der Waals surface area contributed by atoms with E-state index in [4.69, 9.17) is 0 Å². The van der Waals surface area contributed by atoms with Crippen molar-refractivity contribution in [2.24, 2.45) is 0 Å². The lowest BCUT2D eigenvalue weighted by atomic mass is 10.1. The zero-order valence-electron chi connectivity index (χ0n) is 10.2. The second-order valence-corrected chi connectivity index (χ2v) is 4.65. The summed E-state index contributed by atoms with van der Waals surface area (Å²) in [6.07, 6.45) is 7.18. The lowest BCUT2D eigenvalue weighted by molar-refractivity contribution is 0.663. The molecule has 1 N–H and O–H groups in total. The average Bonchev–Trinajstić information content (AvgIpc) is 3.11. The van der Waals surface area contributed by atoms with E-state index in [9.17, 15) is 0 Å². The van der Waals surface area contributed by atoms with Crippen LogP contribution in [0.25, 0.3) is 6.08 Å². The average molecular weight is 215 g/mol. The summed E-state index contributed by atoms with van der Waals surface area (Å²) >= 11 is 0. The fourth-order valence-corrected chi connectivity index (χ4v) is 1.94. The van der Waals surface area contributed by atoms with Gasteiger partial charge in [0.25, 0.3) is 0 Å². The van der Waals surface area contributed by atoms with Crippen molar-refractivity contribution in [1.82, 2.24) is 5.32 Å². The molecule has 0 saturated heterocycles. The van der Waals surface area contributed by atoms with Crippen LogP contribution < -0.4 is 5.32 Å². The van der Waals surface area contributed by atoms with Crippen molar-refractivity contribution in [3.63, 3.8) is 0 Å². The molecular weight excluding hydrogens is 194 g/mol. The highest BCUT2D eigenvalue weighted by molar-refractivity contribution is 5.50. The molecule has 1 aliphatic carbocycles. The Morgan fingerprint density at radius 1 is 1.31 bits per heavy atom. The maximum Gasteiger partial charge on any atom is 0.0224 e. The summed E-state index contributed by atoms with van der Waals surface area (Å²) in [5, 5.41) is 3.37. The predicted molar refractivity (Wildman–Crippen MR) is 70.6 cm³/mol. The largest absolute Gasteiger partial charge is 0.311 e. The first-order valence-corrected chi connectivity index (χ1v) is 6.31. The standard InChI is InChI=1S/C15H21N/c1-3-16-12(2)4-5-13-6-8-14(9-7-13)15-10-11-15/h4-9,12,15-16H,3,10-11H2,1-2H3/b5-4+. The first-order valence-electron chi connectivity index (χ1n) is 6.31. The Balaban J connectivity index is 1.93. The number of hydrogen-bond acceptors (Lipinski definition) is 1. The number of hydrogen-bond donors (Lipinski definition) is 1. The van der Waals surface area contributed by atoms with Gasteiger partial charge in [-0.25, -0.2) is 0 Å². The maximum atomic E-state index is 3.37. The Morgan fingerprint density at radius 3 is 2.56 bits per heavy atom. The van der Waals surface area contributed by atoms with Crippen LogP contribution >= 0.6 is 0 Å². The van der Waals surface area contributed by atoms with Crippen LogP contribution in [0.15, 0.2) is 30.3 Å². The molecule has 1 atom stereocenters. The van der Waals surface area contributed by atoms with Gasteiger partial charge in [-0.2, -0.15) is 0 Å². The van der Waals surface area contributed by atoms with Gasteiger partial charge in [0.1, 0.15) is 0 Å². The van der Waals surface area contributed by atoms with Crippen LogP contribution in [0.4, 0.5) is 0 Å². The summed E-state index contributed by atoms with van der Waals surface area (Å²) in [6, 6.07) is 9.45. The van der Waals surface area contributed by atoms with Crippen molar-refractivity contribution in [3.05, 3.63) is 41.5 Å². The lowest BCUT2D eigenvalue weighted by Crippen LogP contribution is -2.22. The molecule has 0 spiro atoms. The maximum absolute atomic E-state index is 3.37. The molecule has 1 fully saturated rings. The first kappa shape index (κ1) is 11.4. The molecule has 1 saturated carbocycles. The van der Waals surface area contributed by atoms with Crippen LogP contribution in [0.1, 0.15) is 43.7 Å². The van der Waals surface area contributed by atoms with Crippen LogP contribution in [0.2, 0.25) is 0 Å². The Labute approximate surface area is 98.6 Å². The van der Waals surface area contributed by atoms with Gasteiger partial charge in [0, 0.05) is 6.04 Å². The van der Waals surface area contributed by atoms with E-state index in [2.05, 4.69) is 55.6 Å². The van der Waals surface area contributed by atoms with E-state index in [1.165, 1.54) is 24.0 Å². The van der Waals surface area contributed by atoms with Crippen molar-refractivity contribution < 1.29 is 0 Å². The molecule has 0 amide bonds. The van der Waals surface area contributed by atoms with E-state index < -0.39 is 0 Å². The molecule has 1 aromatic rings. The second-order valence-electron chi connectivity index (χ2n) is 4.65. The molecular formula is C15H21N. The van der Waals surface area contributed by atoms with E-state index in [0.29, 0.717) is 6.04 Å². The molecule has 0 heterocycles. The summed E-state index contributed by atoms with van der Waals surface area (Å²) in [7, 11) is 0. The van der Waals surface area contributed by atoms with E-state index in [0.717, 1.165) is 12.5 Å². The minimum atomic E-state index is 0.452. The summed E-state index contributed by atoms with van der Waals surface area (Å²) < 4.78 is 0. The number of benzene rings is 1. The van der Waals surface area contributed by atoms with Crippen LogP contribution in [-0.2, 0) is 0 Å². The smallest absolute Gasteiger partial charge is 0.0224 e. The number of rotatable bonds is 5. The number of likely N-dealkylation sites (N-methyl/N-ethyl adjacent to an activating group) is 1. The predicted octanol–water partition coefficient (Wildman–Crippen LogP) is 3.58. The molecule has 0 radical (unpaired) electrons. The molecule has 0 aliphatic heterocycles. The highest BCUT2D eigenvalue weighted by Gasteiger charge is 2.22. The SMILES string of the molecule is CCNC(C)/C=C/c1ccc(C2CC2)cc1. The van der Waals surface area contributed by atoms with Gasteiger partial charge in [-0.1, -0.05) is 43.3 Å². The van der Waals surface area contributed by atoms with Gasteiger partial charge in [-0.15, -0.1) is 0 Å². The molecule has 1 aromatic carbocycles. The number of nitrogens with one attached hydrogen (secondary N) is 1. The van der Waals surface area contributed by atoms with Gasteiger partial charge in [0.15, 0.2) is 0 Å². The molecule has 2 rings (SSSR count). The summed E-state index contributed by atoms with van der Waals surface area (Å²) in [5.41, 5.74) is 2.81. The molecule has 86 valence electrons. The zero-order chi connectivity index (χ0) is 11.4. The normalized spacial score (nSPS) is 17.9. The molecule has 0 aromatic heterocycles. The Morgan fingerprint density at radius 2 is 2.00 bits per heavy atom. The zero-order valence-corrected chi connectivity index (χ0v) is 10.2. The van der Waals surface area contributed by atoms with Gasteiger partial charge in [-0.3, -0.25) is 0 Å². The Bertz CT molecular complexity index is 346. The van der Waals surface area contributed by atoms with Gasteiger partial charge >= 0.3 is 0 Å². The third kappa shape index (κ3) is 3.21. The fourth-order valence-electron chi connectivity index (χ4n) is 1.94. The van der Waals surface area contributed by atoms with Crippen LogP contribution in [0, 0.1) is 0 Å². The highest BCUT2D eigenvalue weighted by atomic mass is 14.9. The van der Waals surface area contributed by atoms with Crippen LogP contribution in [0.5, 0.6) is 0 Å². The van der Waals surface area contributed by atoms with Crippen molar-refractivity contribution in [1.29, 1.82) is 0 Å². The summed E-state index contributed by atoms with van der Waals surface area (Å²) in [6.45, 7) is 5.33. The molecule has 1 unspecified atom stereocenters. The third-order valence-electron chi connectivity index (χ3n) is 3.09. The Hall–Kier alpha value is -1.08. The molecule has 0 bridgehead atoms. The van der Waals surface area contributed by atoms with Crippen molar-refractivity contribution >= 4 is 6.08 Å². The summed E-state index contributed by atoms with van der Waals surface area (Å²) in [4.78, 5) is 0. The quantitative estimate of drug-likeness (QED) is 0.791. The van der Waals surface area contributed by atoms with Crippen LogP contribution in [0.3, 0.4) is 0 Å². The minimum Gasteiger partial charge on any atom is -0.311 e. The van der Waals surface area contributed by atoms with Crippen LogP contribution in [-0.4, -0.2) is 12.6 Å². The van der Waals surface area contributed by atoms with Crippen molar-refractivity contribution in [3.8, 4) is 0 Å². The van der Waals surface area contributed by atoms with E-state index in [-0.39, 0.29) is 0 Å². The lowest BCUT2D eigenvalue weighted by Gasteiger charge is -2.05. The van der Waals surface area contributed by atoms with Crippen molar-refractivity contribution in [2.75, 3.05) is 6.54 Å². The Kier molecular flexibility index (Phi) is 3.79. The van der Waals surface area contributed by atoms with E-state index in [1.807, 2.05) is 0 Å². The summed E-state index contributed by atoms with van der Waals surface area (Å²) in [5.74, 6) is 0.860. The molecule has 1 aliphatic rings. The molecule has 1 heteroatoms. The fraction of sp³-hybridized carbons (Fsp3) is 0.467. The topological polar surface area (TPSA) is 12.0 Å². The van der Waals surface area contributed by atoms with Gasteiger partial charge in [0.2, 0.25) is 0 Å². The van der Waals surface area contributed by atoms with E-state index >= 15 is 0 Å². The minimum absolute atomic E-state index is 0.452. The second kappa shape index (κ2) is 5.31. The molecule has 1 nitrogen and oxygen atoms in total. The van der Waals surface area contributed by atoms with Gasteiger partial charge in [0.05, 0.1) is 0 Å². The molecule has 16 heavy (non-hydrogen) atoms. The van der Waals surface area contributed by atoms with Gasteiger partial charge in [-0.05, 0) is 43.4 Å². The third-order valence-corrected chi connectivity index (χ3v) is 3.09. The highest BCUT2D eigenvalue weighted by Crippen LogP contribution is 2.39. The van der Waals surface area contributed by atoms with Crippen molar-refractivity contribution in [2.45, 2.75) is 38.6 Å². The monoisotopic (exact) mass is 215 g/mol.